The number of hydrogen-bond acceptors (Lipinski definition) is 2. The van der Waals surface area contributed by atoms with Crippen molar-refractivity contribution < 1.29 is 5.11 Å². The summed E-state index contributed by atoms with van der Waals surface area (Å²) < 4.78 is 0. The summed E-state index contributed by atoms with van der Waals surface area (Å²) in [5, 5.41) is 14.6. The van der Waals surface area contributed by atoms with E-state index in [9.17, 15) is 5.11 Å². The van der Waals surface area contributed by atoms with E-state index in [2.05, 4.69) is 12.2 Å². The first-order chi connectivity index (χ1) is 5.25. The molecule has 0 aromatic carbocycles. The minimum absolute atomic E-state index is 0.409. The fourth-order valence-corrected chi connectivity index (χ4v) is 1.52. The van der Waals surface area contributed by atoms with Crippen LogP contribution in [-0.2, 0) is 5.11 Å². The zero-order valence-electron chi connectivity index (χ0n) is 7.34. The van der Waals surface area contributed by atoms with Crippen molar-refractivity contribution in [1.29, 1.82) is 0 Å². The molecule has 1 heterocycles. The molecule has 0 aliphatic carbocycles. The maximum absolute atomic E-state index is 11.4. The van der Waals surface area contributed by atoms with Crippen LogP contribution < -0.4 is 5.32 Å². The van der Waals surface area contributed by atoms with Gasteiger partial charge in [0.15, 0.2) is 0 Å². The van der Waals surface area contributed by atoms with Crippen molar-refractivity contribution in [2.45, 2.75) is 32.5 Å². The lowest BCUT2D eigenvalue weighted by molar-refractivity contribution is -0.0758. The third-order valence-corrected chi connectivity index (χ3v) is 2.27. The van der Waals surface area contributed by atoms with Crippen LogP contribution in [0.5, 0.6) is 0 Å². The molecular weight excluding hydrogens is 140 g/mol. The van der Waals surface area contributed by atoms with Gasteiger partial charge >= 0.3 is 0 Å². The molecule has 1 N–H and O–H groups in total. The number of rotatable bonds is 2. The average molecular weight is 157 g/mol. The van der Waals surface area contributed by atoms with E-state index in [1.807, 2.05) is 11.8 Å². The van der Waals surface area contributed by atoms with Crippen LogP contribution in [0.15, 0.2) is 0 Å². The van der Waals surface area contributed by atoms with Crippen molar-refractivity contribution in [3.8, 4) is 0 Å². The van der Waals surface area contributed by atoms with Gasteiger partial charge in [0.25, 0.3) is 0 Å². The monoisotopic (exact) mass is 157 g/mol. The Bertz CT molecular complexity index is 115. The Kier molecular flexibility index (Phi) is 3.30. The second-order valence-electron chi connectivity index (χ2n) is 3.15. The normalized spacial score (nSPS) is 30.3. The van der Waals surface area contributed by atoms with Crippen molar-refractivity contribution in [1.82, 2.24) is 10.2 Å². The predicted molar refractivity (Wildman–Crippen MR) is 43.8 cm³/mol. The van der Waals surface area contributed by atoms with Crippen LogP contribution in [0, 0.1) is 0 Å². The third-order valence-electron chi connectivity index (χ3n) is 2.27. The molecule has 0 aromatic heterocycles. The summed E-state index contributed by atoms with van der Waals surface area (Å²) >= 11 is 0. The minimum atomic E-state index is -0.493. The van der Waals surface area contributed by atoms with Crippen LogP contribution in [-0.4, -0.2) is 36.8 Å². The van der Waals surface area contributed by atoms with Gasteiger partial charge in [-0.05, 0) is 13.3 Å². The maximum atomic E-state index is 11.4. The van der Waals surface area contributed by atoms with E-state index < -0.39 is 6.23 Å². The standard InChI is InChI=1S/C8H17N2O/c1-3-8(11)10-5-4-9-6-7(10)2/h7-9H,3-6H2,1-2H3. The van der Waals surface area contributed by atoms with Crippen molar-refractivity contribution in [3.63, 3.8) is 0 Å². The Morgan fingerprint density at radius 1 is 1.73 bits per heavy atom. The molecule has 0 bridgehead atoms. The molecule has 11 heavy (non-hydrogen) atoms. The van der Waals surface area contributed by atoms with Crippen molar-refractivity contribution in [2.75, 3.05) is 19.6 Å². The van der Waals surface area contributed by atoms with E-state index in [1.165, 1.54) is 0 Å². The van der Waals surface area contributed by atoms with E-state index in [0.717, 1.165) is 19.6 Å². The fourth-order valence-electron chi connectivity index (χ4n) is 1.52. The summed E-state index contributed by atoms with van der Waals surface area (Å²) in [6, 6.07) is 0.409. The van der Waals surface area contributed by atoms with E-state index >= 15 is 0 Å². The molecule has 0 amide bonds. The Morgan fingerprint density at radius 3 is 3.00 bits per heavy atom. The molecule has 0 aromatic rings. The van der Waals surface area contributed by atoms with Crippen LogP contribution in [0.3, 0.4) is 0 Å². The smallest absolute Gasteiger partial charge is 0.146 e. The van der Waals surface area contributed by atoms with Gasteiger partial charge < -0.3 is 5.32 Å². The summed E-state index contributed by atoms with van der Waals surface area (Å²) in [6.45, 7) is 6.88. The largest absolute Gasteiger partial charge is 0.314 e. The molecular formula is C8H17N2O. The molecule has 65 valence electrons. The van der Waals surface area contributed by atoms with Gasteiger partial charge in [-0.15, -0.1) is 0 Å². The van der Waals surface area contributed by atoms with Gasteiger partial charge in [0, 0.05) is 25.7 Å². The molecule has 1 fully saturated rings. The molecule has 1 aliphatic heterocycles. The first kappa shape index (κ1) is 8.97. The van der Waals surface area contributed by atoms with Crippen molar-refractivity contribution in [2.24, 2.45) is 0 Å². The van der Waals surface area contributed by atoms with Gasteiger partial charge in [-0.25, -0.2) is 5.11 Å². The van der Waals surface area contributed by atoms with E-state index in [0.29, 0.717) is 12.5 Å². The highest BCUT2D eigenvalue weighted by atomic mass is 16.3. The average Bonchev–Trinajstić information content (AvgIpc) is 2.04. The lowest BCUT2D eigenvalue weighted by Gasteiger charge is -2.35. The first-order valence-corrected chi connectivity index (χ1v) is 4.38. The molecule has 1 aliphatic rings. The number of piperazine rings is 1. The summed E-state index contributed by atoms with van der Waals surface area (Å²) in [5.74, 6) is 0. The van der Waals surface area contributed by atoms with Gasteiger partial charge in [-0.3, -0.25) is 4.90 Å². The quantitative estimate of drug-likeness (QED) is 0.631. The molecule has 3 heteroatoms. The molecule has 3 nitrogen and oxygen atoms in total. The predicted octanol–water partition coefficient (Wildman–Crippen LogP) is 0.447. The zero-order chi connectivity index (χ0) is 8.27. The first-order valence-electron chi connectivity index (χ1n) is 4.38. The van der Waals surface area contributed by atoms with E-state index in [4.69, 9.17) is 0 Å². The fraction of sp³-hybridized carbons (Fsp3) is 1.00. The Hall–Kier alpha value is -0.120. The molecule has 1 radical (unpaired) electrons. The number of hydrogen-bond donors (Lipinski definition) is 1. The highest BCUT2D eigenvalue weighted by molar-refractivity contribution is 4.76. The van der Waals surface area contributed by atoms with Crippen LogP contribution in [0.4, 0.5) is 0 Å². The summed E-state index contributed by atoms with van der Waals surface area (Å²) in [5.41, 5.74) is 0. The Balaban J connectivity index is 2.40. The van der Waals surface area contributed by atoms with Gasteiger partial charge in [0.2, 0.25) is 0 Å². The lowest BCUT2D eigenvalue weighted by Crippen LogP contribution is -2.53. The van der Waals surface area contributed by atoms with Crippen LogP contribution in [0.2, 0.25) is 0 Å². The second-order valence-corrected chi connectivity index (χ2v) is 3.15. The SMILES string of the molecule is CCC([O])N1CCNCC1C. The summed E-state index contributed by atoms with van der Waals surface area (Å²) in [7, 11) is 0. The molecule has 2 atom stereocenters. The van der Waals surface area contributed by atoms with E-state index in [-0.39, 0.29) is 0 Å². The van der Waals surface area contributed by atoms with Gasteiger partial charge in [0.05, 0.1) is 0 Å². The van der Waals surface area contributed by atoms with Crippen molar-refractivity contribution in [3.05, 3.63) is 0 Å². The molecule has 1 saturated heterocycles. The molecule has 2 unspecified atom stereocenters. The summed E-state index contributed by atoms with van der Waals surface area (Å²) in [4.78, 5) is 2.04. The highest BCUT2D eigenvalue weighted by Crippen LogP contribution is 2.08. The van der Waals surface area contributed by atoms with Crippen LogP contribution in [0.25, 0.3) is 0 Å². The summed E-state index contributed by atoms with van der Waals surface area (Å²) in [6.07, 6.45) is 0.219. The molecule has 1 rings (SSSR count). The molecule has 0 saturated carbocycles. The maximum Gasteiger partial charge on any atom is 0.146 e. The van der Waals surface area contributed by atoms with Crippen LogP contribution >= 0.6 is 0 Å². The van der Waals surface area contributed by atoms with Gasteiger partial charge in [-0.2, -0.15) is 0 Å². The van der Waals surface area contributed by atoms with E-state index in [1.54, 1.807) is 0 Å². The lowest BCUT2D eigenvalue weighted by atomic mass is 10.2. The second kappa shape index (κ2) is 4.04. The third kappa shape index (κ3) is 2.15. The minimum Gasteiger partial charge on any atom is -0.314 e. The number of nitrogens with zero attached hydrogens (tertiary/aromatic N) is 1. The van der Waals surface area contributed by atoms with Gasteiger partial charge in [-0.1, -0.05) is 6.92 Å². The molecule has 0 spiro atoms. The Morgan fingerprint density at radius 2 is 2.45 bits per heavy atom. The van der Waals surface area contributed by atoms with Gasteiger partial charge in [0.1, 0.15) is 6.23 Å². The van der Waals surface area contributed by atoms with Crippen molar-refractivity contribution >= 4 is 0 Å². The Labute approximate surface area is 68.4 Å². The number of nitrogens with one attached hydrogen (secondary N) is 1. The topological polar surface area (TPSA) is 35.2 Å². The highest BCUT2D eigenvalue weighted by Gasteiger charge is 2.23. The van der Waals surface area contributed by atoms with Crippen LogP contribution in [0.1, 0.15) is 20.3 Å². The zero-order valence-corrected chi connectivity index (χ0v) is 7.34.